The third-order valence-electron chi connectivity index (χ3n) is 5.17. The molecule has 2 rings (SSSR count). The summed E-state index contributed by atoms with van der Waals surface area (Å²) < 4.78 is 10.8. The molecule has 1 aliphatic rings. The number of esters is 1. The summed E-state index contributed by atoms with van der Waals surface area (Å²) in [4.78, 5) is 25.8. The van der Waals surface area contributed by atoms with Crippen LogP contribution in [0.5, 0.6) is 5.75 Å². The minimum absolute atomic E-state index is 0.00776. The lowest BCUT2D eigenvalue weighted by atomic mass is 9.93. The van der Waals surface area contributed by atoms with Crippen molar-refractivity contribution in [3.8, 4) is 5.75 Å². The van der Waals surface area contributed by atoms with Gasteiger partial charge in [0.15, 0.2) is 5.60 Å². The van der Waals surface area contributed by atoms with E-state index in [0.717, 1.165) is 32.2 Å². The summed E-state index contributed by atoms with van der Waals surface area (Å²) in [5.74, 6) is 0.164. The van der Waals surface area contributed by atoms with Crippen LogP contribution in [0.25, 0.3) is 0 Å². The van der Waals surface area contributed by atoms with Crippen LogP contribution in [-0.2, 0) is 9.53 Å². The van der Waals surface area contributed by atoms with E-state index in [1.54, 1.807) is 32.9 Å². The third kappa shape index (κ3) is 6.08. The molecule has 1 fully saturated rings. The van der Waals surface area contributed by atoms with Crippen LogP contribution >= 0.6 is 0 Å². The second-order valence-electron chi connectivity index (χ2n) is 8.58. The number of hydrogen-bond acceptors (Lipinski definition) is 6. The largest absolute Gasteiger partial charge is 0.476 e. The first-order chi connectivity index (χ1) is 13.7. The summed E-state index contributed by atoms with van der Waals surface area (Å²) in [5.41, 5.74) is -0.600. The van der Waals surface area contributed by atoms with Gasteiger partial charge in [0.25, 0.3) is 5.69 Å². The number of nitrogens with zero attached hydrogens (tertiary/aromatic N) is 2. The first kappa shape index (κ1) is 23.0. The lowest BCUT2D eigenvalue weighted by Gasteiger charge is -2.37. The molecule has 1 aliphatic carbocycles. The molecule has 7 nitrogen and oxygen atoms in total. The van der Waals surface area contributed by atoms with Crippen molar-refractivity contribution in [2.24, 2.45) is 5.92 Å². The summed E-state index contributed by atoms with van der Waals surface area (Å²) in [6, 6.07) is 5.20. The Balaban J connectivity index is 2.36. The Morgan fingerprint density at radius 2 is 1.93 bits per heavy atom. The summed E-state index contributed by atoms with van der Waals surface area (Å²) in [6.07, 6.45) is 5.64. The zero-order chi connectivity index (χ0) is 21.6. The van der Waals surface area contributed by atoms with Gasteiger partial charge in [0.05, 0.1) is 17.6 Å². The lowest BCUT2D eigenvalue weighted by Crippen LogP contribution is -2.40. The number of ether oxygens (including phenoxy) is 2. The molecular weight excluding hydrogens is 372 g/mol. The Bertz CT molecular complexity index is 711. The molecule has 0 bridgehead atoms. The van der Waals surface area contributed by atoms with E-state index in [0.29, 0.717) is 17.6 Å². The third-order valence-corrected chi connectivity index (χ3v) is 5.17. The smallest absolute Gasteiger partial charge is 0.349 e. The first-order valence-corrected chi connectivity index (χ1v) is 10.6. The number of nitro benzene ring substituents is 1. The van der Waals surface area contributed by atoms with E-state index in [1.807, 2.05) is 0 Å². The van der Waals surface area contributed by atoms with Crippen molar-refractivity contribution < 1.29 is 19.2 Å². The van der Waals surface area contributed by atoms with Crippen LogP contribution in [-0.4, -0.2) is 35.7 Å². The molecule has 1 aromatic rings. The van der Waals surface area contributed by atoms with Gasteiger partial charge in [0, 0.05) is 12.6 Å². The Hall–Kier alpha value is -2.31. The van der Waals surface area contributed by atoms with Gasteiger partial charge in [-0.05, 0) is 51.7 Å². The predicted octanol–water partition coefficient (Wildman–Crippen LogP) is 5.11. The molecule has 0 unspecified atom stereocenters. The van der Waals surface area contributed by atoms with E-state index >= 15 is 0 Å². The Kier molecular flexibility index (Phi) is 7.88. The molecule has 0 aliphatic heterocycles. The van der Waals surface area contributed by atoms with Crippen molar-refractivity contribution >= 4 is 17.3 Å². The van der Waals surface area contributed by atoms with Crippen LogP contribution in [0.15, 0.2) is 18.2 Å². The van der Waals surface area contributed by atoms with Gasteiger partial charge in [-0.1, -0.05) is 33.1 Å². The molecular formula is C22H34N2O5. The average molecular weight is 407 g/mol. The van der Waals surface area contributed by atoms with Gasteiger partial charge in [-0.25, -0.2) is 4.79 Å². The van der Waals surface area contributed by atoms with Gasteiger partial charge in [0.1, 0.15) is 11.4 Å². The van der Waals surface area contributed by atoms with Gasteiger partial charge in [-0.3, -0.25) is 10.1 Å². The monoisotopic (exact) mass is 406 g/mol. The van der Waals surface area contributed by atoms with Crippen molar-refractivity contribution in [1.29, 1.82) is 0 Å². The maximum Gasteiger partial charge on any atom is 0.349 e. The van der Waals surface area contributed by atoms with Crippen LogP contribution in [0.3, 0.4) is 0 Å². The van der Waals surface area contributed by atoms with Crippen LogP contribution in [0, 0.1) is 16.0 Å². The van der Waals surface area contributed by atoms with E-state index in [-0.39, 0.29) is 23.0 Å². The normalized spacial score (nSPS) is 15.2. The molecule has 0 aromatic heterocycles. The Labute approximate surface area is 173 Å². The van der Waals surface area contributed by atoms with Crippen molar-refractivity contribution in [2.75, 3.05) is 18.1 Å². The highest BCUT2D eigenvalue weighted by atomic mass is 16.6. The van der Waals surface area contributed by atoms with Crippen LogP contribution in [0.1, 0.15) is 66.7 Å². The molecule has 0 amide bonds. The molecule has 7 heteroatoms. The van der Waals surface area contributed by atoms with Crippen molar-refractivity contribution in [3.05, 3.63) is 28.3 Å². The SMILES string of the molecule is CCOC(=O)C(C)(C)Oc1ccc(N(CC(C)C)C2CCCCC2)c([N+](=O)[O-])c1. The van der Waals surface area contributed by atoms with Gasteiger partial charge in [0.2, 0.25) is 0 Å². The summed E-state index contributed by atoms with van der Waals surface area (Å²) in [7, 11) is 0. The number of anilines is 1. The lowest BCUT2D eigenvalue weighted by molar-refractivity contribution is -0.384. The Morgan fingerprint density at radius 3 is 2.48 bits per heavy atom. The number of carbonyl (C=O) groups excluding carboxylic acids is 1. The van der Waals surface area contributed by atoms with Crippen molar-refractivity contribution in [1.82, 2.24) is 0 Å². The fraction of sp³-hybridized carbons (Fsp3) is 0.682. The molecule has 1 aromatic carbocycles. The first-order valence-electron chi connectivity index (χ1n) is 10.6. The molecule has 0 atom stereocenters. The highest BCUT2D eigenvalue weighted by Crippen LogP contribution is 2.37. The Morgan fingerprint density at radius 1 is 1.28 bits per heavy atom. The zero-order valence-corrected chi connectivity index (χ0v) is 18.3. The summed E-state index contributed by atoms with van der Waals surface area (Å²) in [5, 5.41) is 11.9. The predicted molar refractivity (Wildman–Crippen MR) is 113 cm³/mol. The van der Waals surface area contributed by atoms with E-state index in [4.69, 9.17) is 9.47 Å². The quantitative estimate of drug-likeness (QED) is 0.322. The zero-order valence-electron chi connectivity index (χ0n) is 18.3. The van der Waals surface area contributed by atoms with Crippen molar-refractivity contribution in [3.63, 3.8) is 0 Å². The van der Waals surface area contributed by atoms with Crippen LogP contribution in [0.2, 0.25) is 0 Å². The van der Waals surface area contributed by atoms with Gasteiger partial charge < -0.3 is 14.4 Å². The van der Waals surface area contributed by atoms with Crippen LogP contribution in [0.4, 0.5) is 11.4 Å². The average Bonchev–Trinajstić information content (AvgIpc) is 2.66. The standard InChI is InChI=1S/C22H34N2O5/c1-6-28-21(25)22(4,5)29-18-12-13-19(20(14-18)24(26)27)23(15-16(2)3)17-10-8-7-9-11-17/h12-14,16-17H,6-11,15H2,1-5H3. The topological polar surface area (TPSA) is 81.9 Å². The van der Waals surface area contributed by atoms with Gasteiger partial charge >= 0.3 is 5.97 Å². The second-order valence-corrected chi connectivity index (χ2v) is 8.58. The van der Waals surface area contributed by atoms with Gasteiger partial charge in [-0.15, -0.1) is 0 Å². The molecule has 29 heavy (non-hydrogen) atoms. The molecule has 0 N–H and O–H groups in total. The number of carbonyl (C=O) groups is 1. The van der Waals surface area contributed by atoms with E-state index < -0.39 is 11.6 Å². The number of nitro groups is 1. The molecule has 162 valence electrons. The number of hydrogen-bond donors (Lipinski definition) is 0. The van der Waals surface area contributed by atoms with E-state index in [2.05, 4.69) is 18.7 Å². The summed E-state index contributed by atoms with van der Waals surface area (Å²) in [6.45, 7) is 10.2. The van der Waals surface area contributed by atoms with Crippen molar-refractivity contribution in [2.45, 2.75) is 78.4 Å². The highest BCUT2D eigenvalue weighted by molar-refractivity contribution is 5.79. The maximum atomic E-state index is 12.1. The van der Waals surface area contributed by atoms with Crippen LogP contribution < -0.4 is 9.64 Å². The van der Waals surface area contributed by atoms with E-state index in [9.17, 15) is 14.9 Å². The molecule has 0 heterocycles. The minimum Gasteiger partial charge on any atom is -0.476 e. The molecule has 1 saturated carbocycles. The molecule has 0 radical (unpaired) electrons. The fourth-order valence-corrected chi connectivity index (χ4v) is 3.83. The summed E-state index contributed by atoms with van der Waals surface area (Å²) >= 11 is 0. The number of rotatable bonds is 9. The molecule has 0 spiro atoms. The molecule has 0 saturated heterocycles. The maximum absolute atomic E-state index is 12.1. The fourth-order valence-electron chi connectivity index (χ4n) is 3.83. The highest BCUT2D eigenvalue weighted by Gasteiger charge is 2.33. The minimum atomic E-state index is -1.23. The van der Waals surface area contributed by atoms with Gasteiger partial charge in [-0.2, -0.15) is 0 Å². The second kappa shape index (κ2) is 9.94. The number of benzene rings is 1. The van der Waals surface area contributed by atoms with E-state index in [1.165, 1.54) is 12.5 Å².